The van der Waals surface area contributed by atoms with Crippen LogP contribution in [0, 0.1) is 5.92 Å². The van der Waals surface area contributed by atoms with Gasteiger partial charge in [-0.2, -0.15) is 0 Å². The molecule has 2 N–H and O–H groups in total. The monoisotopic (exact) mass is 297 g/mol. The minimum atomic E-state index is -3.35. The average molecular weight is 297 g/mol. The zero-order chi connectivity index (χ0) is 14.9. The first-order valence-corrected chi connectivity index (χ1v) is 8.29. The number of nitrogens with two attached hydrogens (primary N) is 1. The Hall–Kier alpha value is -1.11. The molecule has 1 saturated heterocycles. The van der Waals surface area contributed by atoms with Crippen LogP contribution in [0.5, 0.6) is 0 Å². The molecule has 5 nitrogen and oxygen atoms in total. The average Bonchev–Trinajstić information content (AvgIpc) is 2.42. The largest absolute Gasteiger partial charge is 0.371 e. The lowest BCUT2D eigenvalue weighted by Gasteiger charge is -2.36. The third-order valence-corrected chi connectivity index (χ3v) is 5.78. The number of nitrogens with zero attached hydrogens (tertiary/aromatic N) is 2. The Kier molecular flexibility index (Phi) is 4.36. The van der Waals surface area contributed by atoms with E-state index in [0.717, 1.165) is 25.2 Å². The molecule has 112 valence electrons. The molecule has 20 heavy (non-hydrogen) atoms. The van der Waals surface area contributed by atoms with E-state index in [0.29, 0.717) is 10.8 Å². The maximum Gasteiger partial charge on any atom is 0.242 e. The number of benzene rings is 1. The minimum Gasteiger partial charge on any atom is -0.371 e. The van der Waals surface area contributed by atoms with Gasteiger partial charge in [-0.1, -0.05) is 6.92 Å². The third-order valence-electron chi connectivity index (χ3n) is 3.95. The zero-order valence-corrected chi connectivity index (χ0v) is 13.1. The lowest BCUT2D eigenvalue weighted by molar-refractivity contribution is 0.383. The van der Waals surface area contributed by atoms with E-state index in [1.165, 1.54) is 18.4 Å². The highest BCUT2D eigenvalue weighted by molar-refractivity contribution is 7.89. The fourth-order valence-electron chi connectivity index (χ4n) is 2.44. The molecule has 0 spiro atoms. The fourth-order valence-corrected chi connectivity index (χ4v) is 3.34. The Morgan fingerprint density at radius 3 is 2.35 bits per heavy atom. The summed E-state index contributed by atoms with van der Waals surface area (Å²) < 4.78 is 25.2. The van der Waals surface area contributed by atoms with Crippen LogP contribution in [0.25, 0.3) is 0 Å². The van der Waals surface area contributed by atoms with Crippen molar-refractivity contribution in [3.05, 3.63) is 24.3 Å². The van der Waals surface area contributed by atoms with Crippen LogP contribution >= 0.6 is 0 Å². The number of sulfonamides is 1. The van der Waals surface area contributed by atoms with Gasteiger partial charge in [-0.25, -0.2) is 12.7 Å². The van der Waals surface area contributed by atoms with Crippen LogP contribution in [0.4, 0.5) is 5.69 Å². The molecule has 1 aliphatic heterocycles. The third kappa shape index (κ3) is 2.97. The normalized spacial score (nSPS) is 24.1. The first-order chi connectivity index (χ1) is 9.32. The van der Waals surface area contributed by atoms with Crippen LogP contribution in [0.2, 0.25) is 0 Å². The molecule has 1 aromatic carbocycles. The highest BCUT2D eigenvalue weighted by Gasteiger charge is 2.24. The summed E-state index contributed by atoms with van der Waals surface area (Å²) in [5.74, 6) is 0.453. The number of hydrogen-bond acceptors (Lipinski definition) is 4. The summed E-state index contributed by atoms with van der Waals surface area (Å²) in [6, 6.07) is 7.35. The summed E-state index contributed by atoms with van der Waals surface area (Å²) in [6.45, 7) is 3.99. The van der Waals surface area contributed by atoms with Crippen molar-refractivity contribution in [3.8, 4) is 0 Å². The Morgan fingerprint density at radius 1 is 1.25 bits per heavy atom. The van der Waals surface area contributed by atoms with Crippen molar-refractivity contribution >= 4 is 15.7 Å². The quantitative estimate of drug-likeness (QED) is 0.907. The molecular weight excluding hydrogens is 274 g/mol. The van der Waals surface area contributed by atoms with Gasteiger partial charge >= 0.3 is 0 Å². The summed E-state index contributed by atoms with van der Waals surface area (Å²) in [6.07, 6.45) is 0.971. The summed E-state index contributed by atoms with van der Waals surface area (Å²) in [5, 5.41) is 0. The number of hydrogen-bond donors (Lipinski definition) is 1. The van der Waals surface area contributed by atoms with Crippen LogP contribution in [0.15, 0.2) is 29.2 Å². The fraction of sp³-hybridized carbons (Fsp3) is 0.571. The molecule has 1 fully saturated rings. The molecule has 2 rings (SSSR count). The first kappa shape index (κ1) is 15.3. The van der Waals surface area contributed by atoms with E-state index in [9.17, 15) is 8.42 Å². The topological polar surface area (TPSA) is 66.6 Å². The number of rotatable bonds is 3. The van der Waals surface area contributed by atoms with Gasteiger partial charge in [-0.05, 0) is 36.6 Å². The van der Waals surface area contributed by atoms with Crippen molar-refractivity contribution in [2.24, 2.45) is 11.7 Å². The van der Waals surface area contributed by atoms with E-state index in [2.05, 4.69) is 11.8 Å². The van der Waals surface area contributed by atoms with Gasteiger partial charge in [0.15, 0.2) is 0 Å². The van der Waals surface area contributed by atoms with Crippen LogP contribution in [0.1, 0.15) is 13.3 Å². The van der Waals surface area contributed by atoms with Crippen LogP contribution < -0.4 is 10.6 Å². The van der Waals surface area contributed by atoms with Gasteiger partial charge in [-0.3, -0.25) is 0 Å². The Morgan fingerprint density at radius 2 is 1.85 bits per heavy atom. The number of piperidine rings is 1. The van der Waals surface area contributed by atoms with Gasteiger partial charge < -0.3 is 10.6 Å². The van der Waals surface area contributed by atoms with Gasteiger partial charge in [0.1, 0.15) is 0 Å². The van der Waals surface area contributed by atoms with Crippen LogP contribution in [-0.4, -0.2) is 45.9 Å². The SMILES string of the molecule is CC1CN(c2ccc(S(=O)(=O)N(C)C)cc2)CCC1N. The number of anilines is 1. The van der Waals surface area contributed by atoms with Gasteiger partial charge in [0.2, 0.25) is 10.0 Å². The van der Waals surface area contributed by atoms with Crippen molar-refractivity contribution < 1.29 is 8.42 Å². The summed E-state index contributed by atoms with van der Waals surface area (Å²) in [7, 11) is -0.272. The zero-order valence-electron chi connectivity index (χ0n) is 12.3. The summed E-state index contributed by atoms with van der Waals surface area (Å²) >= 11 is 0. The van der Waals surface area contributed by atoms with Crippen molar-refractivity contribution in [1.82, 2.24) is 4.31 Å². The lowest BCUT2D eigenvalue weighted by Crippen LogP contribution is -2.45. The Balaban J connectivity index is 2.17. The lowest BCUT2D eigenvalue weighted by atomic mass is 9.94. The molecule has 0 amide bonds. The van der Waals surface area contributed by atoms with Gasteiger partial charge in [0, 0.05) is 38.9 Å². The van der Waals surface area contributed by atoms with Crippen LogP contribution in [0.3, 0.4) is 0 Å². The van der Waals surface area contributed by atoms with E-state index >= 15 is 0 Å². The van der Waals surface area contributed by atoms with E-state index in [1.54, 1.807) is 12.1 Å². The maximum absolute atomic E-state index is 12.0. The second-order valence-electron chi connectivity index (χ2n) is 5.66. The van der Waals surface area contributed by atoms with Crippen LogP contribution in [-0.2, 0) is 10.0 Å². The molecule has 0 aromatic heterocycles. The van der Waals surface area contributed by atoms with Gasteiger partial charge in [0.05, 0.1) is 4.90 Å². The van der Waals surface area contributed by atoms with E-state index in [4.69, 9.17) is 5.73 Å². The molecule has 2 atom stereocenters. The maximum atomic E-state index is 12.0. The first-order valence-electron chi connectivity index (χ1n) is 6.85. The van der Waals surface area contributed by atoms with Gasteiger partial charge in [0.25, 0.3) is 0 Å². The Bertz CT molecular complexity index is 554. The van der Waals surface area contributed by atoms with Crippen molar-refractivity contribution in [2.45, 2.75) is 24.3 Å². The minimum absolute atomic E-state index is 0.264. The summed E-state index contributed by atoms with van der Waals surface area (Å²) in [5.41, 5.74) is 7.08. The predicted octanol–water partition coefficient (Wildman–Crippen LogP) is 1.11. The molecule has 6 heteroatoms. The predicted molar refractivity (Wildman–Crippen MR) is 81.3 cm³/mol. The second-order valence-corrected chi connectivity index (χ2v) is 7.81. The molecular formula is C14H23N3O2S. The van der Waals surface area contributed by atoms with Crippen molar-refractivity contribution in [2.75, 3.05) is 32.1 Å². The van der Waals surface area contributed by atoms with Crippen molar-refractivity contribution in [1.29, 1.82) is 0 Å². The summed E-state index contributed by atoms with van der Waals surface area (Å²) in [4.78, 5) is 2.59. The smallest absolute Gasteiger partial charge is 0.242 e. The molecule has 0 saturated carbocycles. The molecule has 2 unspecified atom stereocenters. The van der Waals surface area contributed by atoms with E-state index < -0.39 is 10.0 Å². The molecule has 0 bridgehead atoms. The molecule has 0 aliphatic carbocycles. The van der Waals surface area contributed by atoms with E-state index in [-0.39, 0.29) is 6.04 Å². The molecule has 1 aromatic rings. The molecule has 1 heterocycles. The second kappa shape index (κ2) is 5.71. The van der Waals surface area contributed by atoms with Gasteiger partial charge in [-0.15, -0.1) is 0 Å². The molecule has 0 radical (unpaired) electrons. The molecule has 1 aliphatic rings. The van der Waals surface area contributed by atoms with Crippen molar-refractivity contribution in [3.63, 3.8) is 0 Å². The highest BCUT2D eigenvalue weighted by atomic mass is 32.2. The Labute approximate surface area is 121 Å². The van der Waals surface area contributed by atoms with E-state index in [1.807, 2.05) is 12.1 Å². The standard InChI is InChI=1S/C14H23N3O2S/c1-11-10-17(9-8-14(11)15)12-4-6-13(7-5-12)20(18,19)16(2)3/h4-7,11,14H,8-10,15H2,1-3H3. The highest BCUT2D eigenvalue weighted by Crippen LogP contribution is 2.24.